The van der Waals surface area contributed by atoms with Gasteiger partial charge < -0.3 is 10.2 Å². The van der Waals surface area contributed by atoms with Gasteiger partial charge in [0.05, 0.1) is 11.5 Å². The molecule has 136 valence electrons. The topological polar surface area (TPSA) is 61.8 Å². The summed E-state index contributed by atoms with van der Waals surface area (Å²) in [6, 6.07) is 0. The molecule has 5 nitrogen and oxygen atoms in total. The smallest absolute Gasteiger partial charge is 0.193 e. The van der Waals surface area contributed by atoms with Crippen LogP contribution in [0.2, 0.25) is 0 Å². The van der Waals surface area contributed by atoms with Gasteiger partial charge in [0.15, 0.2) is 15.8 Å². The Hall–Kier alpha value is -0.0500. The van der Waals surface area contributed by atoms with E-state index in [4.69, 9.17) is 4.99 Å². The summed E-state index contributed by atoms with van der Waals surface area (Å²) in [7, 11) is -2.81. The molecule has 3 unspecified atom stereocenters. The molecule has 1 N–H and O–H groups in total. The Morgan fingerprint density at radius 3 is 2.43 bits per heavy atom. The summed E-state index contributed by atoms with van der Waals surface area (Å²) in [5.41, 5.74) is 0. The first-order chi connectivity index (χ1) is 10.4. The fraction of sp³-hybridized carbons (Fsp3) is 0.938. The predicted molar refractivity (Wildman–Crippen MR) is 107 cm³/mol. The van der Waals surface area contributed by atoms with Gasteiger partial charge in [0.2, 0.25) is 0 Å². The van der Waals surface area contributed by atoms with Gasteiger partial charge in [-0.2, -0.15) is 0 Å². The van der Waals surface area contributed by atoms with Gasteiger partial charge in [0.25, 0.3) is 0 Å². The molecule has 0 spiro atoms. The number of nitrogens with one attached hydrogen (secondary N) is 1. The van der Waals surface area contributed by atoms with E-state index in [0.29, 0.717) is 29.9 Å². The first kappa shape index (κ1) is 21.0. The second-order valence-corrected chi connectivity index (χ2v) is 9.44. The molecule has 3 atom stereocenters. The van der Waals surface area contributed by atoms with E-state index in [9.17, 15) is 8.42 Å². The molecule has 2 fully saturated rings. The Bertz CT molecular complexity index is 486. The van der Waals surface area contributed by atoms with Gasteiger partial charge in [0, 0.05) is 26.2 Å². The van der Waals surface area contributed by atoms with Crippen LogP contribution in [0.5, 0.6) is 0 Å². The van der Waals surface area contributed by atoms with Crippen molar-refractivity contribution in [1.29, 1.82) is 0 Å². The normalized spacial score (nSPS) is 30.8. The minimum atomic E-state index is -2.81. The predicted octanol–water partition coefficient (Wildman–Crippen LogP) is 2.37. The van der Waals surface area contributed by atoms with Gasteiger partial charge in [-0.1, -0.05) is 20.8 Å². The third-order valence-electron chi connectivity index (χ3n) is 4.53. The maximum atomic E-state index is 11.6. The van der Waals surface area contributed by atoms with E-state index in [-0.39, 0.29) is 29.9 Å². The third-order valence-corrected chi connectivity index (χ3v) is 6.36. The molecule has 2 saturated heterocycles. The molecule has 2 rings (SSSR count). The van der Waals surface area contributed by atoms with E-state index in [1.165, 1.54) is 6.42 Å². The van der Waals surface area contributed by atoms with Crippen molar-refractivity contribution >= 4 is 39.8 Å². The lowest BCUT2D eigenvalue weighted by Crippen LogP contribution is -2.48. The molecule has 0 aromatic heterocycles. The number of nitrogens with zero attached hydrogens (tertiary/aromatic N) is 2. The second kappa shape index (κ2) is 9.44. The summed E-state index contributed by atoms with van der Waals surface area (Å²) in [5.74, 6) is 3.19. The first-order valence-electron chi connectivity index (χ1n) is 8.63. The van der Waals surface area contributed by atoms with E-state index in [1.807, 2.05) is 0 Å². The van der Waals surface area contributed by atoms with Gasteiger partial charge >= 0.3 is 0 Å². The highest BCUT2D eigenvalue weighted by Gasteiger charge is 2.28. The molecule has 0 aromatic carbocycles. The number of guanidine groups is 1. The van der Waals surface area contributed by atoms with Crippen molar-refractivity contribution < 1.29 is 8.42 Å². The maximum absolute atomic E-state index is 11.6. The van der Waals surface area contributed by atoms with Gasteiger partial charge in [-0.25, -0.2) is 8.42 Å². The molecule has 7 heteroatoms. The number of piperidine rings is 1. The van der Waals surface area contributed by atoms with Crippen molar-refractivity contribution in [1.82, 2.24) is 10.2 Å². The number of hydrogen-bond donors (Lipinski definition) is 1. The lowest BCUT2D eigenvalue weighted by atomic mass is 9.92. The molecule has 0 aliphatic carbocycles. The average molecular weight is 457 g/mol. The fourth-order valence-corrected chi connectivity index (χ4v) is 5.42. The molecule has 23 heavy (non-hydrogen) atoms. The fourth-order valence-electron chi connectivity index (χ4n) is 3.57. The number of halogens is 1. The molecule has 2 aliphatic rings. The number of rotatable bonds is 4. The monoisotopic (exact) mass is 457 g/mol. The van der Waals surface area contributed by atoms with E-state index < -0.39 is 9.84 Å². The Morgan fingerprint density at radius 2 is 1.91 bits per heavy atom. The van der Waals surface area contributed by atoms with Crippen molar-refractivity contribution in [2.45, 2.75) is 40.0 Å². The number of hydrogen-bond acceptors (Lipinski definition) is 3. The molecule has 0 saturated carbocycles. The summed E-state index contributed by atoms with van der Waals surface area (Å²) in [4.78, 5) is 7.13. The molecule has 0 aromatic rings. The number of aliphatic imine (C=N–C) groups is 1. The lowest BCUT2D eigenvalue weighted by Gasteiger charge is -2.37. The maximum Gasteiger partial charge on any atom is 0.193 e. The van der Waals surface area contributed by atoms with Crippen molar-refractivity contribution in [3.8, 4) is 0 Å². The zero-order valence-corrected chi connectivity index (χ0v) is 17.8. The van der Waals surface area contributed by atoms with Gasteiger partial charge in [-0.3, -0.25) is 4.99 Å². The van der Waals surface area contributed by atoms with E-state index in [2.05, 4.69) is 31.0 Å². The van der Waals surface area contributed by atoms with Crippen LogP contribution in [0.25, 0.3) is 0 Å². The van der Waals surface area contributed by atoms with Crippen LogP contribution in [-0.2, 0) is 9.84 Å². The average Bonchev–Trinajstić information content (AvgIpc) is 2.77. The molecule has 0 amide bonds. The second-order valence-electron chi connectivity index (χ2n) is 7.21. The van der Waals surface area contributed by atoms with Crippen LogP contribution in [0.1, 0.15) is 40.0 Å². The number of likely N-dealkylation sites (tertiary alicyclic amines) is 1. The highest BCUT2D eigenvalue weighted by Crippen LogP contribution is 2.22. The van der Waals surface area contributed by atoms with Crippen LogP contribution >= 0.6 is 24.0 Å². The Balaban J connectivity index is 0.00000264. The van der Waals surface area contributed by atoms with Crippen LogP contribution in [0.3, 0.4) is 0 Å². The zero-order chi connectivity index (χ0) is 16.2. The Morgan fingerprint density at radius 1 is 1.26 bits per heavy atom. The van der Waals surface area contributed by atoms with Crippen LogP contribution < -0.4 is 5.32 Å². The Labute approximate surface area is 158 Å². The van der Waals surface area contributed by atoms with Crippen LogP contribution in [0.15, 0.2) is 4.99 Å². The van der Waals surface area contributed by atoms with Crippen LogP contribution in [0, 0.1) is 17.8 Å². The summed E-state index contributed by atoms with van der Waals surface area (Å²) < 4.78 is 23.1. The zero-order valence-electron chi connectivity index (χ0n) is 14.6. The summed E-state index contributed by atoms with van der Waals surface area (Å²) in [6.07, 6.45) is 3.11. The van der Waals surface area contributed by atoms with Crippen molar-refractivity contribution in [2.75, 3.05) is 37.7 Å². The SMILES string of the molecule is CCCNC(=NCC1CCS(=O)(=O)C1)N1CC(C)CC(C)C1.I. The van der Waals surface area contributed by atoms with Crippen LogP contribution in [-0.4, -0.2) is 57.0 Å². The van der Waals surface area contributed by atoms with Gasteiger partial charge in [0.1, 0.15) is 0 Å². The van der Waals surface area contributed by atoms with Gasteiger partial charge in [-0.15, -0.1) is 24.0 Å². The summed E-state index contributed by atoms with van der Waals surface area (Å²) in [5, 5.41) is 3.45. The van der Waals surface area contributed by atoms with E-state index in [0.717, 1.165) is 38.4 Å². The summed E-state index contributed by atoms with van der Waals surface area (Å²) >= 11 is 0. The van der Waals surface area contributed by atoms with Crippen molar-refractivity contribution in [3.05, 3.63) is 0 Å². The molecular formula is C16H32IN3O2S. The van der Waals surface area contributed by atoms with Crippen LogP contribution in [0.4, 0.5) is 0 Å². The Kier molecular flexibility index (Phi) is 8.61. The molecular weight excluding hydrogens is 425 g/mol. The summed E-state index contributed by atoms with van der Waals surface area (Å²) in [6.45, 7) is 10.4. The highest BCUT2D eigenvalue weighted by molar-refractivity contribution is 14.0. The highest BCUT2D eigenvalue weighted by atomic mass is 127. The van der Waals surface area contributed by atoms with E-state index in [1.54, 1.807) is 0 Å². The molecule has 0 radical (unpaired) electrons. The van der Waals surface area contributed by atoms with E-state index >= 15 is 0 Å². The first-order valence-corrected chi connectivity index (χ1v) is 10.5. The minimum Gasteiger partial charge on any atom is -0.356 e. The number of sulfone groups is 1. The third kappa shape index (κ3) is 6.76. The lowest BCUT2D eigenvalue weighted by molar-refractivity contribution is 0.208. The quantitative estimate of drug-likeness (QED) is 0.400. The molecule has 2 aliphatic heterocycles. The van der Waals surface area contributed by atoms with Crippen molar-refractivity contribution in [2.24, 2.45) is 22.7 Å². The minimum absolute atomic E-state index is 0. The molecule has 2 heterocycles. The largest absolute Gasteiger partial charge is 0.356 e. The van der Waals surface area contributed by atoms with Crippen molar-refractivity contribution in [3.63, 3.8) is 0 Å². The van der Waals surface area contributed by atoms with Gasteiger partial charge in [-0.05, 0) is 37.0 Å². The standard InChI is InChI=1S/C16H31N3O2S.HI/c1-4-6-17-16(19-10-13(2)8-14(3)11-19)18-9-15-5-7-22(20,21)12-15;/h13-15H,4-12H2,1-3H3,(H,17,18);1H. The molecule has 0 bridgehead atoms.